The van der Waals surface area contributed by atoms with Crippen LogP contribution in [0, 0.1) is 11.3 Å². The van der Waals surface area contributed by atoms with Crippen LogP contribution in [0.5, 0.6) is 0 Å². The molecule has 3 aromatic rings. The van der Waals surface area contributed by atoms with Gasteiger partial charge in [-0.25, -0.2) is 4.79 Å². The molecule has 0 radical (unpaired) electrons. The minimum atomic E-state index is -1.10. The lowest BCUT2D eigenvalue weighted by atomic mass is 10.0. The number of aliphatic carboxylic acids is 1. The van der Waals surface area contributed by atoms with Crippen LogP contribution in [0.25, 0.3) is 10.8 Å². The first-order valence-electron chi connectivity index (χ1n) is 8.08. The summed E-state index contributed by atoms with van der Waals surface area (Å²) >= 11 is 0. The normalized spacial score (nSPS) is 11.5. The zero-order valence-corrected chi connectivity index (χ0v) is 13.8. The lowest BCUT2D eigenvalue weighted by molar-refractivity contribution is -0.139. The van der Waals surface area contributed by atoms with E-state index in [-0.39, 0.29) is 6.42 Å². The molecule has 0 heterocycles. The summed E-state index contributed by atoms with van der Waals surface area (Å²) in [7, 11) is 0. The number of hydrogen-bond donors (Lipinski definition) is 2. The molecule has 0 aliphatic carbocycles. The van der Waals surface area contributed by atoms with E-state index in [4.69, 9.17) is 5.26 Å². The largest absolute Gasteiger partial charge is 0.480 e. The molecule has 1 amide bonds. The number of fused-ring (bicyclic) bond motifs is 1. The molecule has 128 valence electrons. The third-order valence-electron chi connectivity index (χ3n) is 4.13. The molecule has 0 unspecified atom stereocenters. The zero-order valence-electron chi connectivity index (χ0n) is 13.8. The van der Waals surface area contributed by atoms with Gasteiger partial charge in [0.05, 0.1) is 11.6 Å². The van der Waals surface area contributed by atoms with E-state index in [0.29, 0.717) is 11.1 Å². The van der Waals surface area contributed by atoms with Crippen LogP contribution >= 0.6 is 0 Å². The highest BCUT2D eigenvalue weighted by Crippen LogP contribution is 2.17. The van der Waals surface area contributed by atoms with Crippen LogP contribution in [0.2, 0.25) is 0 Å². The predicted molar refractivity (Wildman–Crippen MR) is 97.7 cm³/mol. The SMILES string of the molecule is N#Cc1ccc(C(=O)N[C@@H](Cc2ccc3ccccc3c2)C(=O)O)cc1. The second-order valence-corrected chi connectivity index (χ2v) is 5.94. The van der Waals surface area contributed by atoms with Gasteiger partial charge < -0.3 is 10.4 Å². The number of rotatable bonds is 5. The zero-order chi connectivity index (χ0) is 18.5. The molecule has 2 N–H and O–H groups in total. The van der Waals surface area contributed by atoms with Crippen LogP contribution in [0.15, 0.2) is 66.7 Å². The van der Waals surface area contributed by atoms with Gasteiger partial charge in [0.15, 0.2) is 0 Å². The Hall–Kier alpha value is -3.65. The standard InChI is InChI=1S/C21H16N2O3/c22-13-14-5-9-17(10-6-14)20(24)23-19(21(25)26)12-15-7-8-16-3-1-2-4-18(16)11-15/h1-11,19H,12H2,(H,23,24)(H,25,26)/t19-/m0/s1. The minimum absolute atomic E-state index is 0.183. The highest BCUT2D eigenvalue weighted by molar-refractivity contribution is 5.96. The lowest BCUT2D eigenvalue weighted by Crippen LogP contribution is -2.42. The summed E-state index contributed by atoms with van der Waals surface area (Å²) < 4.78 is 0. The Morgan fingerprint density at radius 3 is 2.35 bits per heavy atom. The Morgan fingerprint density at radius 2 is 1.69 bits per heavy atom. The molecule has 3 rings (SSSR count). The summed E-state index contributed by atoms with van der Waals surface area (Å²) in [6.07, 6.45) is 0.183. The van der Waals surface area contributed by atoms with E-state index in [9.17, 15) is 14.7 Å². The maximum Gasteiger partial charge on any atom is 0.326 e. The van der Waals surface area contributed by atoms with Crippen molar-refractivity contribution in [2.75, 3.05) is 0 Å². The topological polar surface area (TPSA) is 90.2 Å². The van der Waals surface area contributed by atoms with E-state index in [1.807, 2.05) is 48.5 Å². The predicted octanol–water partition coefficient (Wildman–Crippen LogP) is 3.14. The molecule has 3 aromatic carbocycles. The van der Waals surface area contributed by atoms with Crippen LogP contribution in [0.3, 0.4) is 0 Å². The van der Waals surface area contributed by atoms with Gasteiger partial charge in [0.2, 0.25) is 0 Å². The summed E-state index contributed by atoms with van der Waals surface area (Å²) in [4.78, 5) is 23.9. The van der Waals surface area contributed by atoms with Crippen LogP contribution in [-0.2, 0) is 11.2 Å². The number of carboxylic acid groups (broad SMARTS) is 1. The fourth-order valence-electron chi connectivity index (χ4n) is 2.74. The van der Waals surface area contributed by atoms with Crippen LogP contribution in [-0.4, -0.2) is 23.0 Å². The van der Waals surface area contributed by atoms with E-state index < -0.39 is 17.9 Å². The fraction of sp³-hybridized carbons (Fsp3) is 0.0952. The number of amides is 1. The fourth-order valence-corrected chi connectivity index (χ4v) is 2.74. The molecule has 1 atom stereocenters. The third-order valence-corrected chi connectivity index (χ3v) is 4.13. The van der Waals surface area contributed by atoms with Crippen molar-refractivity contribution in [1.29, 1.82) is 5.26 Å². The van der Waals surface area contributed by atoms with Crippen molar-refractivity contribution in [1.82, 2.24) is 5.32 Å². The molecule has 0 aliphatic rings. The summed E-state index contributed by atoms with van der Waals surface area (Å²) in [5.74, 6) is -1.58. The Labute approximate surface area is 150 Å². The van der Waals surface area contributed by atoms with Gasteiger partial charge in [0.25, 0.3) is 5.91 Å². The van der Waals surface area contributed by atoms with Crippen LogP contribution in [0.4, 0.5) is 0 Å². The van der Waals surface area contributed by atoms with Gasteiger partial charge in [0, 0.05) is 12.0 Å². The summed E-state index contributed by atoms with van der Waals surface area (Å²) in [5, 5.41) is 22.9. The molecular weight excluding hydrogens is 328 g/mol. The molecule has 5 nitrogen and oxygen atoms in total. The van der Waals surface area contributed by atoms with Crippen LogP contribution in [0.1, 0.15) is 21.5 Å². The van der Waals surface area contributed by atoms with Crippen molar-refractivity contribution in [3.63, 3.8) is 0 Å². The molecule has 0 aliphatic heterocycles. The maximum absolute atomic E-state index is 12.3. The molecular formula is C21H16N2O3. The summed E-state index contributed by atoms with van der Waals surface area (Å²) in [6.45, 7) is 0. The molecule has 26 heavy (non-hydrogen) atoms. The first-order chi connectivity index (χ1) is 12.6. The first-order valence-corrected chi connectivity index (χ1v) is 8.08. The second-order valence-electron chi connectivity index (χ2n) is 5.94. The van der Waals surface area contributed by atoms with E-state index in [1.165, 1.54) is 24.3 Å². The van der Waals surface area contributed by atoms with Gasteiger partial charge in [-0.3, -0.25) is 4.79 Å². The van der Waals surface area contributed by atoms with E-state index in [0.717, 1.165) is 16.3 Å². The Balaban J connectivity index is 1.76. The number of nitrogens with zero attached hydrogens (tertiary/aromatic N) is 1. The number of nitrogens with one attached hydrogen (secondary N) is 1. The molecule has 0 saturated heterocycles. The smallest absolute Gasteiger partial charge is 0.326 e. The van der Waals surface area contributed by atoms with E-state index in [2.05, 4.69) is 5.32 Å². The molecule has 0 bridgehead atoms. The van der Waals surface area contributed by atoms with Crippen molar-refractivity contribution >= 4 is 22.6 Å². The number of hydrogen-bond acceptors (Lipinski definition) is 3. The first kappa shape index (κ1) is 17.2. The van der Waals surface area contributed by atoms with Crippen molar-refractivity contribution in [3.05, 3.63) is 83.4 Å². The van der Waals surface area contributed by atoms with E-state index in [1.54, 1.807) is 0 Å². The average molecular weight is 344 g/mol. The van der Waals surface area contributed by atoms with Gasteiger partial charge in [-0.05, 0) is 40.6 Å². The monoisotopic (exact) mass is 344 g/mol. The van der Waals surface area contributed by atoms with Crippen molar-refractivity contribution in [2.24, 2.45) is 0 Å². The maximum atomic E-state index is 12.3. The minimum Gasteiger partial charge on any atom is -0.480 e. The highest BCUT2D eigenvalue weighted by Gasteiger charge is 2.21. The lowest BCUT2D eigenvalue weighted by Gasteiger charge is -2.15. The molecule has 0 aromatic heterocycles. The third kappa shape index (κ3) is 3.87. The number of carbonyl (C=O) groups is 2. The van der Waals surface area contributed by atoms with Gasteiger partial charge in [-0.2, -0.15) is 5.26 Å². The molecule has 0 fully saturated rings. The molecule has 5 heteroatoms. The van der Waals surface area contributed by atoms with Crippen molar-refractivity contribution in [2.45, 2.75) is 12.5 Å². The summed E-state index contributed by atoms with van der Waals surface area (Å²) in [5.41, 5.74) is 1.58. The molecule has 0 saturated carbocycles. The molecule has 0 spiro atoms. The summed E-state index contributed by atoms with van der Waals surface area (Å²) in [6, 6.07) is 20.5. The highest BCUT2D eigenvalue weighted by atomic mass is 16.4. The number of carbonyl (C=O) groups excluding carboxylic acids is 1. The van der Waals surface area contributed by atoms with Gasteiger partial charge in [-0.1, -0.05) is 42.5 Å². The van der Waals surface area contributed by atoms with Gasteiger partial charge in [0.1, 0.15) is 6.04 Å². The van der Waals surface area contributed by atoms with Crippen molar-refractivity contribution in [3.8, 4) is 6.07 Å². The van der Waals surface area contributed by atoms with E-state index >= 15 is 0 Å². The average Bonchev–Trinajstić information content (AvgIpc) is 2.67. The van der Waals surface area contributed by atoms with Gasteiger partial charge in [-0.15, -0.1) is 0 Å². The number of carboxylic acids is 1. The Bertz CT molecular complexity index is 1000. The second kappa shape index (κ2) is 7.49. The Morgan fingerprint density at radius 1 is 1.00 bits per heavy atom. The quantitative estimate of drug-likeness (QED) is 0.744. The number of nitriles is 1. The van der Waals surface area contributed by atoms with Crippen molar-refractivity contribution < 1.29 is 14.7 Å². The Kier molecular flexibility index (Phi) is 4.95. The van der Waals surface area contributed by atoms with Crippen LogP contribution < -0.4 is 5.32 Å². The number of benzene rings is 3. The van der Waals surface area contributed by atoms with Gasteiger partial charge >= 0.3 is 5.97 Å².